The van der Waals surface area contributed by atoms with Crippen LogP contribution in [0.3, 0.4) is 0 Å². The first-order valence-electron chi connectivity index (χ1n) is 7.42. The molecule has 3 nitrogen and oxygen atoms in total. The highest BCUT2D eigenvalue weighted by Gasteiger charge is 2.31. The van der Waals surface area contributed by atoms with E-state index in [1.165, 1.54) is 32.1 Å². The van der Waals surface area contributed by atoms with Gasteiger partial charge in [-0.1, -0.05) is 37.8 Å². The summed E-state index contributed by atoms with van der Waals surface area (Å²) < 4.78 is 0.356. The summed E-state index contributed by atoms with van der Waals surface area (Å²) in [4.78, 5) is 8.88. The molecular formula is C15H24ClN3S. The highest BCUT2D eigenvalue weighted by molar-refractivity contribution is 8.00. The van der Waals surface area contributed by atoms with Gasteiger partial charge in [0.2, 0.25) is 0 Å². The maximum atomic E-state index is 6.19. The van der Waals surface area contributed by atoms with E-state index in [4.69, 9.17) is 11.6 Å². The van der Waals surface area contributed by atoms with Gasteiger partial charge in [0.25, 0.3) is 0 Å². The zero-order valence-corrected chi connectivity index (χ0v) is 14.2. The molecule has 0 saturated heterocycles. The molecule has 1 heterocycles. The third kappa shape index (κ3) is 3.59. The molecule has 5 heteroatoms. The number of rotatable bonds is 5. The summed E-state index contributed by atoms with van der Waals surface area (Å²) in [5.74, 6) is 1.71. The monoisotopic (exact) mass is 313 g/mol. The van der Waals surface area contributed by atoms with Crippen LogP contribution in [0.15, 0.2) is 0 Å². The Bertz CT molecular complexity index is 459. The van der Waals surface area contributed by atoms with Crippen molar-refractivity contribution < 1.29 is 0 Å². The van der Waals surface area contributed by atoms with Crippen molar-refractivity contribution in [3.05, 3.63) is 16.5 Å². The second-order valence-corrected chi connectivity index (χ2v) is 7.19. The van der Waals surface area contributed by atoms with E-state index in [9.17, 15) is 0 Å². The van der Waals surface area contributed by atoms with Gasteiger partial charge in [0.15, 0.2) is 0 Å². The molecule has 1 saturated carbocycles. The molecule has 1 aliphatic carbocycles. The number of nitrogens with one attached hydrogen (secondary N) is 1. The Kier molecular flexibility index (Phi) is 5.56. The Morgan fingerprint density at radius 2 is 1.95 bits per heavy atom. The van der Waals surface area contributed by atoms with Crippen molar-refractivity contribution in [2.75, 3.05) is 18.1 Å². The molecule has 1 aromatic rings. The van der Waals surface area contributed by atoms with Crippen LogP contribution in [0.4, 0.5) is 5.82 Å². The van der Waals surface area contributed by atoms with E-state index in [0.717, 1.165) is 30.2 Å². The van der Waals surface area contributed by atoms with Crippen LogP contribution < -0.4 is 5.32 Å². The first-order valence-corrected chi connectivity index (χ1v) is 9.02. The van der Waals surface area contributed by atoms with Crippen molar-refractivity contribution in [1.82, 2.24) is 9.97 Å². The van der Waals surface area contributed by atoms with Gasteiger partial charge < -0.3 is 5.32 Å². The van der Waals surface area contributed by atoms with Gasteiger partial charge in [-0.15, -0.1) is 0 Å². The van der Waals surface area contributed by atoms with Crippen molar-refractivity contribution in [1.29, 1.82) is 0 Å². The highest BCUT2D eigenvalue weighted by Crippen LogP contribution is 2.38. The topological polar surface area (TPSA) is 37.8 Å². The lowest BCUT2D eigenvalue weighted by Crippen LogP contribution is -2.36. The summed E-state index contributed by atoms with van der Waals surface area (Å²) >= 11 is 8.19. The maximum Gasteiger partial charge on any atom is 0.137 e. The molecule has 112 valence electrons. The van der Waals surface area contributed by atoms with E-state index in [2.05, 4.69) is 28.5 Å². The zero-order chi connectivity index (χ0) is 14.6. The fourth-order valence-corrected chi connectivity index (χ4v) is 3.86. The second kappa shape index (κ2) is 6.99. The third-order valence-electron chi connectivity index (χ3n) is 4.22. The Hall–Kier alpha value is -0.480. The van der Waals surface area contributed by atoms with Gasteiger partial charge in [-0.05, 0) is 26.0 Å². The number of anilines is 1. The van der Waals surface area contributed by atoms with Gasteiger partial charge in [-0.25, -0.2) is 9.97 Å². The number of aromatic nitrogens is 2. The summed E-state index contributed by atoms with van der Waals surface area (Å²) in [6.07, 6.45) is 9.67. The molecule has 0 atom stereocenters. The minimum atomic E-state index is 0.356. The summed E-state index contributed by atoms with van der Waals surface area (Å²) in [6, 6.07) is 0. The first-order chi connectivity index (χ1) is 9.60. The summed E-state index contributed by atoms with van der Waals surface area (Å²) in [5, 5.41) is 4.10. The van der Waals surface area contributed by atoms with Crippen LogP contribution in [0.2, 0.25) is 5.15 Å². The van der Waals surface area contributed by atoms with Crippen LogP contribution in [-0.4, -0.2) is 27.5 Å². The smallest absolute Gasteiger partial charge is 0.137 e. The van der Waals surface area contributed by atoms with E-state index in [1.54, 1.807) is 0 Å². The van der Waals surface area contributed by atoms with Crippen molar-refractivity contribution in [2.24, 2.45) is 0 Å². The van der Waals surface area contributed by atoms with Crippen LogP contribution in [0.5, 0.6) is 0 Å². The molecule has 1 N–H and O–H groups in total. The molecule has 0 unspecified atom stereocenters. The number of halogens is 1. The number of hydrogen-bond donors (Lipinski definition) is 1. The lowest BCUT2D eigenvalue weighted by atomic mass is 9.88. The van der Waals surface area contributed by atoms with Gasteiger partial charge in [-0.3, -0.25) is 0 Å². The van der Waals surface area contributed by atoms with E-state index in [-0.39, 0.29) is 0 Å². The van der Waals surface area contributed by atoms with Gasteiger partial charge in [-0.2, -0.15) is 11.8 Å². The minimum Gasteiger partial charge on any atom is -0.368 e. The Morgan fingerprint density at radius 1 is 1.25 bits per heavy atom. The number of aryl methyl sites for hydroxylation is 1. The van der Waals surface area contributed by atoms with Crippen molar-refractivity contribution in [2.45, 2.75) is 57.1 Å². The molecule has 0 bridgehead atoms. The number of thioether (sulfide) groups is 1. The van der Waals surface area contributed by atoms with E-state index in [1.807, 2.05) is 18.7 Å². The summed E-state index contributed by atoms with van der Waals surface area (Å²) in [5.41, 5.74) is 0.955. The maximum absolute atomic E-state index is 6.19. The standard InChI is InChI=1S/C15H24ClN3S/c1-4-12-18-13(16)11(2)14(19-12)17-10-15(20-3)8-6-5-7-9-15/h4-10H2,1-3H3,(H,17,18,19). The fraction of sp³-hybridized carbons (Fsp3) is 0.733. The predicted molar refractivity (Wildman–Crippen MR) is 89.0 cm³/mol. The molecular weight excluding hydrogens is 290 g/mol. The lowest BCUT2D eigenvalue weighted by molar-refractivity contribution is 0.411. The number of nitrogens with zero attached hydrogens (tertiary/aromatic N) is 2. The average Bonchev–Trinajstić information content (AvgIpc) is 2.49. The average molecular weight is 314 g/mol. The molecule has 2 rings (SSSR count). The third-order valence-corrected chi connectivity index (χ3v) is 6.01. The van der Waals surface area contributed by atoms with Crippen LogP contribution >= 0.6 is 23.4 Å². The molecule has 0 amide bonds. The first kappa shape index (κ1) is 15.9. The molecule has 1 aromatic heterocycles. The minimum absolute atomic E-state index is 0.356. The highest BCUT2D eigenvalue weighted by atomic mass is 35.5. The molecule has 0 aromatic carbocycles. The van der Waals surface area contributed by atoms with Crippen molar-refractivity contribution in [3.8, 4) is 0 Å². The fourth-order valence-electron chi connectivity index (χ4n) is 2.76. The van der Waals surface area contributed by atoms with E-state index >= 15 is 0 Å². The molecule has 20 heavy (non-hydrogen) atoms. The zero-order valence-electron chi connectivity index (χ0n) is 12.6. The van der Waals surface area contributed by atoms with Gasteiger partial charge in [0.05, 0.1) is 0 Å². The van der Waals surface area contributed by atoms with Crippen LogP contribution in [-0.2, 0) is 6.42 Å². The quantitative estimate of drug-likeness (QED) is 0.813. The van der Waals surface area contributed by atoms with Crippen molar-refractivity contribution >= 4 is 29.2 Å². The van der Waals surface area contributed by atoms with Crippen LogP contribution in [0.1, 0.15) is 50.4 Å². The molecule has 0 spiro atoms. The van der Waals surface area contributed by atoms with Crippen molar-refractivity contribution in [3.63, 3.8) is 0 Å². The molecule has 0 aliphatic heterocycles. The Morgan fingerprint density at radius 3 is 2.55 bits per heavy atom. The largest absolute Gasteiger partial charge is 0.368 e. The summed E-state index contributed by atoms with van der Waals surface area (Å²) in [6.45, 7) is 5.00. The summed E-state index contributed by atoms with van der Waals surface area (Å²) in [7, 11) is 0. The van der Waals surface area contributed by atoms with Gasteiger partial charge in [0.1, 0.15) is 16.8 Å². The predicted octanol–water partition coefficient (Wildman–Crippen LogP) is 4.48. The lowest BCUT2D eigenvalue weighted by Gasteiger charge is -2.36. The number of hydrogen-bond acceptors (Lipinski definition) is 4. The Balaban J connectivity index is 2.11. The molecule has 1 aliphatic rings. The van der Waals surface area contributed by atoms with Crippen LogP contribution in [0, 0.1) is 6.92 Å². The second-order valence-electron chi connectivity index (χ2n) is 5.56. The Labute approximate surface area is 131 Å². The molecule has 1 fully saturated rings. The van der Waals surface area contributed by atoms with E-state index < -0.39 is 0 Å². The SMILES string of the molecule is CCc1nc(Cl)c(C)c(NCC2(SC)CCCCC2)n1. The molecule has 0 radical (unpaired) electrons. The van der Waals surface area contributed by atoms with Crippen LogP contribution in [0.25, 0.3) is 0 Å². The van der Waals surface area contributed by atoms with E-state index in [0.29, 0.717) is 9.90 Å². The normalized spacial score (nSPS) is 18.0. The van der Waals surface area contributed by atoms with Gasteiger partial charge >= 0.3 is 0 Å². The van der Waals surface area contributed by atoms with Gasteiger partial charge in [0, 0.05) is 23.3 Å².